The molecule has 0 aromatic heterocycles. The van der Waals surface area contributed by atoms with Crippen molar-refractivity contribution in [2.75, 3.05) is 0 Å². The molecule has 0 atom stereocenters. The van der Waals surface area contributed by atoms with Crippen molar-refractivity contribution in [1.29, 1.82) is 0 Å². The first kappa shape index (κ1) is 53.8. The fourth-order valence-electron chi connectivity index (χ4n) is 9.45. The Balaban J connectivity index is 0.000000254. The number of benzene rings is 7. The first-order chi connectivity index (χ1) is 33.1. The minimum Gasteiger partial charge on any atom is -0.672 e. The Kier molecular flexibility index (Phi) is 15.4. The van der Waals surface area contributed by atoms with Crippen molar-refractivity contribution in [2.24, 2.45) is 0 Å². The molecule has 0 saturated carbocycles. The van der Waals surface area contributed by atoms with Crippen molar-refractivity contribution in [3.05, 3.63) is 210 Å². The summed E-state index contributed by atoms with van der Waals surface area (Å²) in [5.74, 6) is -50.6. The van der Waals surface area contributed by atoms with Crippen LogP contribution in [0.5, 0.6) is 0 Å². The third-order valence-corrected chi connectivity index (χ3v) is 15.9. The second kappa shape index (κ2) is 20.3. The Morgan fingerprint density at radius 2 is 0.563 bits per heavy atom. The van der Waals surface area contributed by atoms with Crippen LogP contribution >= 0.6 is 7.92 Å². The average Bonchev–Trinajstić information content (AvgIpc) is 3.29. The first-order valence-electron chi connectivity index (χ1n) is 21.2. The normalized spacial score (nSPS) is 11.6. The van der Waals surface area contributed by atoms with Gasteiger partial charge in [-0.25, -0.2) is 65.9 Å². The molecule has 7 aromatic carbocycles. The van der Waals surface area contributed by atoms with Crippen molar-refractivity contribution in [3.63, 3.8) is 0 Å². The number of halogens is 15. The van der Waals surface area contributed by atoms with Gasteiger partial charge in [0.25, 0.3) is 12.3 Å². The van der Waals surface area contributed by atoms with Crippen LogP contribution in [0, 0.1) is 150 Å². The number of hydrogen-bond acceptors (Lipinski definition) is 2. The Morgan fingerprint density at radius 3 is 0.789 bits per heavy atom. The maximum atomic E-state index is 15.3. The van der Waals surface area contributed by atoms with E-state index >= 15 is 26.3 Å². The fraction of sp³-hybridized carbons (Fsp3) is 0.173. The number of rotatable bonds is 8. The second-order valence-corrected chi connectivity index (χ2v) is 19.5. The summed E-state index contributed by atoms with van der Waals surface area (Å²) < 4.78 is 224. The number of carbonyl (C=O) groups is 1. The van der Waals surface area contributed by atoms with E-state index in [-0.39, 0.29) is 0 Å². The highest BCUT2D eigenvalue weighted by atomic mass is 31.1. The highest BCUT2D eigenvalue weighted by Gasteiger charge is 2.51. The third-order valence-electron chi connectivity index (χ3n) is 12.0. The Bertz CT molecular complexity index is 2860. The molecule has 0 fully saturated rings. The zero-order chi connectivity index (χ0) is 53.0. The zero-order valence-corrected chi connectivity index (χ0v) is 39.9. The summed E-state index contributed by atoms with van der Waals surface area (Å²) >= 11 is 0. The highest BCUT2D eigenvalue weighted by molar-refractivity contribution is 7.80. The Morgan fingerprint density at radius 1 is 0.352 bits per heavy atom. The van der Waals surface area contributed by atoms with E-state index in [1.165, 1.54) is 50.1 Å². The molecular weight excluding hydrogens is 983 g/mol. The molecule has 7 rings (SSSR count). The second-order valence-electron chi connectivity index (χ2n) is 17.2. The fourth-order valence-corrected chi connectivity index (χ4v) is 13.0. The molecular formula is C52H39BF15O2P. The monoisotopic (exact) mass is 1020 g/mol. The van der Waals surface area contributed by atoms with Crippen LogP contribution in [-0.2, 0) is 4.65 Å². The minimum absolute atomic E-state index is 0.679. The quantitative estimate of drug-likeness (QED) is 0.0499. The maximum absolute atomic E-state index is 15.3. The lowest BCUT2D eigenvalue weighted by Crippen LogP contribution is -2.75. The van der Waals surface area contributed by atoms with Crippen LogP contribution < -0.4 is 32.3 Å². The lowest BCUT2D eigenvalue weighted by atomic mass is 9.27. The summed E-state index contributed by atoms with van der Waals surface area (Å²) in [5, 5.41) is 4.71. The van der Waals surface area contributed by atoms with Gasteiger partial charge >= 0.3 is 0 Å². The number of aryl methyl sites for hydroxylation is 9. The standard InChI is InChI=1S/C27H33P.C25H5BF15O2/c1-16-10-19(4)25(20(5)11-16)28(26-21(6)12-17(2)13-22(26)7)27-23(8)14-18(3)15-24(27)9;27-10-7(11(28)17(34)22(39)16(10)33)26(43-25(42)6-4-2-1-3-5-6,8-12(29)18(35)23(40)19(36)13(8)30)9-14(31)20(37)24(41)21(38)15(9)32/h10-15H,1-9H3;1-5H/q;-1/p+1. The van der Waals surface area contributed by atoms with Gasteiger partial charge < -0.3 is 4.65 Å². The van der Waals surface area contributed by atoms with Crippen LogP contribution in [0.3, 0.4) is 0 Å². The minimum atomic E-state index is -6.43. The van der Waals surface area contributed by atoms with E-state index in [4.69, 9.17) is 0 Å². The number of hydrogen-bond donors (Lipinski definition) is 0. The van der Waals surface area contributed by atoms with E-state index in [2.05, 4.69) is 103 Å². The largest absolute Gasteiger partial charge is 0.672 e. The van der Waals surface area contributed by atoms with Gasteiger partial charge in [0.05, 0.1) is 5.56 Å². The van der Waals surface area contributed by atoms with Gasteiger partial charge in [0, 0.05) is 0 Å². The van der Waals surface area contributed by atoms with E-state index in [9.17, 15) is 44.3 Å². The maximum Gasteiger partial charge on any atom is 0.291 e. The van der Waals surface area contributed by atoms with Crippen LogP contribution in [0.1, 0.15) is 60.4 Å². The summed E-state index contributed by atoms with van der Waals surface area (Å²) in [5.41, 5.74) is 2.58. The van der Waals surface area contributed by atoms with Gasteiger partial charge in [0.15, 0.2) is 52.4 Å². The molecule has 0 heterocycles. The third kappa shape index (κ3) is 9.31. The highest BCUT2D eigenvalue weighted by Crippen LogP contribution is 2.41. The summed E-state index contributed by atoms with van der Waals surface area (Å²) in [6.45, 7) is 20.4. The Labute approximate surface area is 398 Å². The van der Waals surface area contributed by atoms with E-state index < -0.39 is 129 Å². The van der Waals surface area contributed by atoms with Crippen LogP contribution in [-0.4, -0.2) is 12.3 Å². The molecule has 19 heteroatoms. The molecule has 71 heavy (non-hydrogen) atoms. The molecule has 0 bridgehead atoms. The predicted molar refractivity (Wildman–Crippen MR) is 244 cm³/mol. The molecule has 2 nitrogen and oxygen atoms in total. The summed E-state index contributed by atoms with van der Waals surface area (Å²) in [6, 6.07) is 18.6. The van der Waals surface area contributed by atoms with Crippen molar-refractivity contribution in [2.45, 2.75) is 62.3 Å². The van der Waals surface area contributed by atoms with Gasteiger partial charge in [0.2, 0.25) is 0 Å². The van der Waals surface area contributed by atoms with E-state index in [0.29, 0.717) is 12.1 Å². The molecule has 0 aliphatic rings. The molecule has 0 saturated heterocycles. The van der Waals surface area contributed by atoms with E-state index in [0.717, 1.165) is 18.2 Å². The lowest BCUT2D eigenvalue weighted by Gasteiger charge is -2.44. The van der Waals surface area contributed by atoms with E-state index in [1.54, 1.807) is 15.9 Å². The first-order valence-corrected chi connectivity index (χ1v) is 22.7. The molecule has 0 aliphatic carbocycles. The average molecular weight is 1020 g/mol. The van der Waals surface area contributed by atoms with Crippen LogP contribution in [0.25, 0.3) is 0 Å². The van der Waals surface area contributed by atoms with Gasteiger partial charge in [0.1, 0.15) is 58.7 Å². The van der Waals surface area contributed by atoms with Gasteiger partial charge in [-0.2, -0.15) is 0 Å². The SMILES string of the molecule is Cc1cc(C)c([PH+](c2c(C)cc(C)cc2C)c2c(C)cc(C)cc2C)c(C)c1.O=C(O[B-](c1c(F)c(F)c(F)c(F)c1F)(c1c(F)c(F)c(F)c(F)c1F)c1c(F)c(F)c(F)c(F)c1F)c1ccccc1. The van der Waals surface area contributed by atoms with Crippen molar-refractivity contribution >= 4 is 52.5 Å². The molecule has 7 aromatic rings. The molecule has 372 valence electrons. The van der Waals surface area contributed by atoms with Crippen LogP contribution in [0.15, 0.2) is 66.7 Å². The lowest BCUT2D eigenvalue weighted by molar-refractivity contribution is 0.0730. The topological polar surface area (TPSA) is 26.3 Å². The van der Waals surface area contributed by atoms with Crippen molar-refractivity contribution in [3.8, 4) is 0 Å². The summed E-state index contributed by atoms with van der Waals surface area (Å²) in [4.78, 5) is 13.0. The van der Waals surface area contributed by atoms with Gasteiger partial charge in [-0.05, 0) is 108 Å². The smallest absolute Gasteiger partial charge is 0.291 e. The van der Waals surface area contributed by atoms with Crippen molar-refractivity contribution < 1.29 is 75.3 Å². The van der Waals surface area contributed by atoms with Crippen LogP contribution in [0.4, 0.5) is 65.9 Å². The van der Waals surface area contributed by atoms with Gasteiger partial charge in [-0.3, -0.25) is 4.79 Å². The Hall–Kier alpha value is -6.55. The summed E-state index contributed by atoms with van der Waals surface area (Å²) in [7, 11) is -1.11. The predicted octanol–water partition coefficient (Wildman–Crippen LogP) is 11.5. The number of carbonyl (C=O) groups excluding carboxylic acids is 1. The molecule has 0 amide bonds. The zero-order valence-electron chi connectivity index (χ0n) is 38.9. The van der Waals surface area contributed by atoms with E-state index in [1.807, 2.05) is 0 Å². The van der Waals surface area contributed by atoms with Gasteiger partial charge in [-0.15, -0.1) is 0 Å². The molecule has 0 unspecified atom stereocenters. The molecule has 0 radical (unpaired) electrons. The summed E-state index contributed by atoms with van der Waals surface area (Å²) in [6.07, 6.45) is -6.43. The van der Waals surface area contributed by atoms with Crippen molar-refractivity contribution in [1.82, 2.24) is 0 Å². The van der Waals surface area contributed by atoms with Crippen LogP contribution in [0.2, 0.25) is 0 Å². The molecule has 0 N–H and O–H groups in total. The molecule has 0 spiro atoms. The molecule has 0 aliphatic heterocycles. The van der Waals surface area contributed by atoms with Gasteiger partial charge in [-0.1, -0.05) is 87.7 Å².